The van der Waals surface area contributed by atoms with Crippen molar-refractivity contribution in [1.82, 2.24) is 5.32 Å². The van der Waals surface area contributed by atoms with E-state index < -0.39 is 6.04 Å². The molecule has 0 aliphatic heterocycles. The highest BCUT2D eigenvalue weighted by Crippen LogP contribution is 2.40. The molecule has 5 nitrogen and oxygen atoms in total. The van der Waals surface area contributed by atoms with Gasteiger partial charge in [-0.3, -0.25) is 4.79 Å². The normalized spacial score (nSPS) is 19.3. The van der Waals surface area contributed by atoms with Gasteiger partial charge in [-0.2, -0.15) is 0 Å². The number of nitrogens with two attached hydrogens (primary N) is 1. The molecule has 19 heavy (non-hydrogen) atoms. The molecule has 3 N–H and O–H groups in total. The Balaban J connectivity index is 2.38. The molecule has 112 valence electrons. The summed E-state index contributed by atoms with van der Waals surface area (Å²) in [7, 11) is 1.55. The summed E-state index contributed by atoms with van der Waals surface area (Å²) < 4.78 is 10.4. The number of methoxy groups -OCH3 is 1. The van der Waals surface area contributed by atoms with Crippen LogP contribution in [0.2, 0.25) is 0 Å². The van der Waals surface area contributed by atoms with Gasteiger partial charge in [0.05, 0.1) is 6.61 Å². The molecule has 1 rings (SSSR count). The van der Waals surface area contributed by atoms with Gasteiger partial charge >= 0.3 is 0 Å². The number of hydrogen-bond acceptors (Lipinski definition) is 4. The number of carbonyl (C=O) groups excluding carboxylic acids is 1. The Kier molecular flexibility index (Phi) is 7.34. The molecule has 0 heterocycles. The van der Waals surface area contributed by atoms with Crippen LogP contribution in [0.15, 0.2) is 0 Å². The summed E-state index contributed by atoms with van der Waals surface area (Å²) >= 11 is 0. The second-order valence-corrected chi connectivity index (χ2v) is 5.43. The van der Waals surface area contributed by atoms with Gasteiger partial charge in [-0.25, -0.2) is 0 Å². The maximum absolute atomic E-state index is 11.8. The molecular weight excluding hydrogens is 244 g/mol. The van der Waals surface area contributed by atoms with E-state index in [4.69, 9.17) is 15.2 Å². The van der Waals surface area contributed by atoms with Gasteiger partial charge in [0.1, 0.15) is 6.04 Å². The number of amides is 1. The lowest BCUT2D eigenvalue weighted by Gasteiger charge is -2.29. The monoisotopic (exact) mass is 272 g/mol. The molecule has 1 atom stereocenters. The fraction of sp³-hybridized carbons (Fsp3) is 0.929. The standard InChI is InChI=1S/C14H28N2O3/c1-3-19-9-8-14(6-4-5-7-14)11-16-13(17)12(15)10-18-2/h12H,3-11,15H2,1-2H3,(H,16,17). The summed E-state index contributed by atoms with van der Waals surface area (Å²) in [5.74, 6) is -0.121. The van der Waals surface area contributed by atoms with E-state index >= 15 is 0 Å². The predicted molar refractivity (Wildman–Crippen MR) is 74.9 cm³/mol. The lowest BCUT2D eigenvalue weighted by Crippen LogP contribution is -2.47. The number of carbonyl (C=O) groups is 1. The first-order valence-corrected chi connectivity index (χ1v) is 7.23. The van der Waals surface area contributed by atoms with Crippen molar-refractivity contribution in [2.45, 2.75) is 45.1 Å². The van der Waals surface area contributed by atoms with Crippen LogP contribution in [-0.4, -0.2) is 45.4 Å². The Morgan fingerprint density at radius 1 is 1.42 bits per heavy atom. The first kappa shape index (κ1) is 16.4. The molecule has 1 saturated carbocycles. The third kappa shape index (κ3) is 5.47. The first-order chi connectivity index (χ1) is 9.13. The SMILES string of the molecule is CCOCCC1(CNC(=O)C(N)COC)CCCC1. The number of nitrogens with one attached hydrogen (secondary N) is 1. The minimum atomic E-state index is -0.574. The van der Waals surface area contributed by atoms with Gasteiger partial charge in [-0.05, 0) is 31.6 Å². The average molecular weight is 272 g/mol. The van der Waals surface area contributed by atoms with Gasteiger partial charge < -0.3 is 20.5 Å². The number of ether oxygens (including phenoxy) is 2. The van der Waals surface area contributed by atoms with Crippen LogP contribution in [0.4, 0.5) is 0 Å². The minimum absolute atomic E-state index is 0.121. The van der Waals surface area contributed by atoms with Gasteiger partial charge in [0.25, 0.3) is 0 Å². The highest BCUT2D eigenvalue weighted by atomic mass is 16.5. The van der Waals surface area contributed by atoms with Crippen LogP contribution in [0.3, 0.4) is 0 Å². The molecule has 1 aliphatic rings. The number of hydrogen-bond donors (Lipinski definition) is 2. The zero-order valence-electron chi connectivity index (χ0n) is 12.2. The molecule has 0 aromatic heterocycles. The van der Waals surface area contributed by atoms with Crippen LogP contribution in [0.5, 0.6) is 0 Å². The van der Waals surface area contributed by atoms with Crippen molar-refractivity contribution >= 4 is 5.91 Å². The van der Waals surface area contributed by atoms with Crippen molar-refractivity contribution in [3.05, 3.63) is 0 Å². The van der Waals surface area contributed by atoms with Crippen LogP contribution >= 0.6 is 0 Å². The Labute approximate surface area is 116 Å². The van der Waals surface area contributed by atoms with Crippen LogP contribution < -0.4 is 11.1 Å². The van der Waals surface area contributed by atoms with Gasteiger partial charge in [0.2, 0.25) is 5.91 Å². The van der Waals surface area contributed by atoms with E-state index in [9.17, 15) is 4.79 Å². The Hall–Kier alpha value is -0.650. The van der Waals surface area contributed by atoms with Crippen molar-refractivity contribution in [1.29, 1.82) is 0 Å². The first-order valence-electron chi connectivity index (χ1n) is 7.23. The molecule has 0 bridgehead atoms. The summed E-state index contributed by atoms with van der Waals surface area (Å²) in [5, 5.41) is 2.98. The second kappa shape index (κ2) is 8.51. The van der Waals surface area contributed by atoms with Gasteiger partial charge in [-0.1, -0.05) is 12.8 Å². The van der Waals surface area contributed by atoms with Gasteiger partial charge in [0, 0.05) is 26.9 Å². The highest BCUT2D eigenvalue weighted by molar-refractivity contribution is 5.81. The van der Waals surface area contributed by atoms with Crippen molar-refractivity contribution < 1.29 is 14.3 Å². The molecule has 0 spiro atoms. The zero-order valence-corrected chi connectivity index (χ0v) is 12.2. The smallest absolute Gasteiger partial charge is 0.239 e. The molecule has 1 fully saturated rings. The maximum Gasteiger partial charge on any atom is 0.239 e. The fourth-order valence-corrected chi connectivity index (χ4v) is 2.73. The molecule has 1 unspecified atom stereocenters. The van der Waals surface area contributed by atoms with E-state index in [0.717, 1.165) is 19.6 Å². The van der Waals surface area contributed by atoms with E-state index in [-0.39, 0.29) is 17.9 Å². The molecule has 1 amide bonds. The van der Waals surface area contributed by atoms with E-state index in [1.165, 1.54) is 25.7 Å². The third-order valence-corrected chi connectivity index (χ3v) is 3.97. The quantitative estimate of drug-likeness (QED) is 0.616. The molecule has 0 saturated heterocycles. The van der Waals surface area contributed by atoms with E-state index in [1.54, 1.807) is 7.11 Å². The van der Waals surface area contributed by atoms with Crippen molar-refractivity contribution in [2.75, 3.05) is 33.5 Å². The molecule has 0 aromatic carbocycles. The predicted octanol–water partition coefficient (Wildman–Crippen LogP) is 1.06. The Morgan fingerprint density at radius 2 is 2.11 bits per heavy atom. The Bertz CT molecular complexity index is 265. The lowest BCUT2D eigenvalue weighted by atomic mass is 9.83. The van der Waals surface area contributed by atoms with E-state index in [2.05, 4.69) is 5.32 Å². The summed E-state index contributed by atoms with van der Waals surface area (Å²) in [5.41, 5.74) is 5.92. The van der Waals surface area contributed by atoms with Crippen LogP contribution in [0.25, 0.3) is 0 Å². The largest absolute Gasteiger partial charge is 0.383 e. The maximum atomic E-state index is 11.8. The Morgan fingerprint density at radius 3 is 2.68 bits per heavy atom. The molecule has 1 aliphatic carbocycles. The molecular formula is C14H28N2O3. The van der Waals surface area contributed by atoms with Gasteiger partial charge in [-0.15, -0.1) is 0 Å². The molecule has 0 radical (unpaired) electrons. The van der Waals surface area contributed by atoms with E-state index in [1.807, 2.05) is 6.92 Å². The zero-order chi connectivity index (χ0) is 14.1. The summed E-state index contributed by atoms with van der Waals surface area (Å²) in [6, 6.07) is -0.574. The fourth-order valence-electron chi connectivity index (χ4n) is 2.73. The van der Waals surface area contributed by atoms with E-state index in [0.29, 0.717) is 6.54 Å². The van der Waals surface area contributed by atoms with Crippen molar-refractivity contribution in [2.24, 2.45) is 11.1 Å². The summed E-state index contributed by atoms with van der Waals surface area (Å²) in [6.07, 6.45) is 5.83. The van der Waals surface area contributed by atoms with Crippen molar-refractivity contribution in [3.8, 4) is 0 Å². The minimum Gasteiger partial charge on any atom is -0.383 e. The molecule has 0 aromatic rings. The summed E-state index contributed by atoms with van der Waals surface area (Å²) in [4.78, 5) is 11.8. The van der Waals surface area contributed by atoms with Crippen LogP contribution in [0, 0.1) is 5.41 Å². The van der Waals surface area contributed by atoms with Crippen molar-refractivity contribution in [3.63, 3.8) is 0 Å². The van der Waals surface area contributed by atoms with Crippen LogP contribution in [0.1, 0.15) is 39.0 Å². The lowest BCUT2D eigenvalue weighted by molar-refractivity contribution is -0.124. The highest BCUT2D eigenvalue weighted by Gasteiger charge is 2.34. The number of rotatable bonds is 9. The average Bonchev–Trinajstić information content (AvgIpc) is 2.86. The molecule has 5 heteroatoms. The third-order valence-electron chi connectivity index (χ3n) is 3.97. The summed E-state index contributed by atoms with van der Waals surface area (Å²) in [6.45, 7) is 4.50. The van der Waals surface area contributed by atoms with Gasteiger partial charge in [0.15, 0.2) is 0 Å². The van der Waals surface area contributed by atoms with Crippen LogP contribution in [-0.2, 0) is 14.3 Å². The second-order valence-electron chi connectivity index (χ2n) is 5.43. The topological polar surface area (TPSA) is 73.6 Å².